The number of pyridine rings is 3. The molecule has 0 amide bonds. The SMILES string of the molecule is CCOP(C)(=O)c1cc(C(=O)OCc2ccccc2)cc(CN2CCN(Cc3cc(C(=O)OCc4ccccc4)cc(P(C)(C)=O)n3)CCN(Cc3cc(C(=O)OCc4ccccc4)cc(P(C)(C)=O)n3)CC2)n1. The normalized spacial score (nSPS) is 15.0. The van der Waals surface area contributed by atoms with Crippen LogP contribution in [0.5, 0.6) is 0 Å². The summed E-state index contributed by atoms with van der Waals surface area (Å²) in [6.45, 7) is 14.0. The fraction of sp³-hybridized carbons (Fsp3) is 0.345. The lowest BCUT2D eigenvalue weighted by atomic mass is 10.2. The van der Waals surface area contributed by atoms with Crippen LogP contribution in [0.3, 0.4) is 0 Å². The number of aromatic nitrogens is 3. The molecule has 0 saturated carbocycles. The van der Waals surface area contributed by atoms with Gasteiger partial charge < -0.3 is 27.9 Å². The van der Waals surface area contributed by atoms with Crippen LogP contribution in [-0.4, -0.2) is 127 Å². The summed E-state index contributed by atoms with van der Waals surface area (Å²) in [5, 5.41) is 0. The number of carbonyl (C=O) groups is 3. The summed E-state index contributed by atoms with van der Waals surface area (Å²) in [4.78, 5) is 61.9. The van der Waals surface area contributed by atoms with Crippen LogP contribution < -0.4 is 16.3 Å². The highest BCUT2D eigenvalue weighted by Crippen LogP contribution is 2.41. The van der Waals surface area contributed by atoms with E-state index in [1.54, 1.807) is 63.9 Å². The average Bonchev–Trinajstić information content (AvgIpc) is 3.47. The molecule has 1 atom stereocenters. The van der Waals surface area contributed by atoms with Crippen LogP contribution in [0.25, 0.3) is 0 Å². The Kier molecular flexibility index (Phi) is 19.2. The molecule has 1 aliphatic rings. The van der Waals surface area contributed by atoms with Crippen LogP contribution in [0.15, 0.2) is 127 Å². The minimum absolute atomic E-state index is 0.0457. The number of benzene rings is 3. The molecule has 4 heterocycles. The zero-order valence-electron chi connectivity index (χ0n) is 42.9. The van der Waals surface area contributed by atoms with Crippen molar-refractivity contribution in [3.63, 3.8) is 0 Å². The number of carbonyl (C=O) groups excluding carboxylic acids is 3. The van der Waals surface area contributed by atoms with Gasteiger partial charge in [-0.3, -0.25) is 19.3 Å². The van der Waals surface area contributed by atoms with Crippen molar-refractivity contribution in [1.82, 2.24) is 29.7 Å². The second-order valence-corrected chi connectivity index (χ2v) is 27.8. The molecule has 0 bridgehead atoms. The average molecular weight is 1060 g/mol. The fourth-order valence-corrected chi connectivity index (χ4v) is 11.1. The molecule has 74 heavy (non-hydrogen) atoms. The van der Waals surface area contributed by atoms with Crippen LogP contribution in [-0.2, 0) is 71.9 Å². The zero-order valence-corrected chi connectivity index (χ0v) is 45.6. The Labute approximate surface area is 434 Å². The van der Waals surface area contributed by atoms with Crippen molar-refractivity contribution in [3.8, 4) is 0 Å². The van der Waals surface area contributed by atoms with E-state index in [1.165, 1.54) is 12.7 Å². The van der Waals surface area contributed by atoms with Gasteiger partial charge in [-0.1, -0.05) is 91.0 Å². The van der Waals surface area contributed by atoms with Crippen molar-refractivity contribution >= 4 is 55.9 Å². The maximum absolute atomic E-state index is 13.9. The van der Waals surface area contributed by atoms with E-state index < -0.39 is 39.6 Å². The van der Waals surface area contributed by atoms with Crippen molar-refractivity contribution in [3.05, 3.63) is 178 Å². The Balaban J connectivity index is 1.19. The third kappa shape index (κ3) is 16.5. The van der Waals surface area contributed by atoms with Gasteiger partial charge in [-0.15, -0.1) is 0 Å². The number of nitrogens with zero attached hydrogens (tertiary/aromatic N) is 6. The predicted molar refractivity (Wildman–Crippen MR) is 288 cm³/mol. The molecule has 3 aromatic carbocycles. The van der Waals surface area contributed by atoms with Crippen molar-refractivity contribution in [2.75, 3.05) is 79.2 Å². The number of hydrogen-bond acceptors (Lipinski definition) is 16. The molecular weight excluding hydrogens is 998 g/mol. The van der Waals surface area contributed by atoms with E-state index in [-0.39, 0.29) is 68.2 Å². The van der Waals surface area contributed by atoms with Gasteiger partial charge in [-0.25, -0.2) is 29.3 Å². The lowest BCUT2D eigenvalue weighted by molar-refractivity contribution is 0.0463. The second kappa shape index (κ2) is 25.5. The summed E-state index contributed by atoms with van der Waals surface area (Å²) in [5.41, 5.74) is 5.49. The quantitative estimate of drug-likeness (QED) is 0.0408. The smallest absolute Gasteiger partial charge is 0.338 e. The minimum Gasteiger partial charge on any atom is -0.457 e. The third-order valence-electron chi connectivity index (χ3n) is 12.2. The van der Waals surface area contributed by atoms with Gasteiger partial charge in [0.2, 0.25) is 7.37 Å². The molecular formula is C55H65N6O10P3. The summed E-state index contributed by atoms with van der Waals surface area (Å²) in [5.74, 6) is -1.72. The molecule has 1 aliphatic heterocycles. The highest BCUT2D eigenvalue weighted by atomic mass is 31.2. The number of ether oxygens (including phenoxy) is 3. The molecule has 0 N–H and O–H groups in total. The Bertz CT molecular complexity index is 2910. The first-order valence-corrected chi connectivity index (χ1v) is 31.8. The molecule has 19 heteroatoms. The van der Waals surface area contributed by atoms with Crippen molar-refractivity contribution in [1.29, 1.82) is 0 Å². The lowest BCUT2D eigenvalue weighted by Gasteiger charge is -2.26. The molecule has 1 fully saturated rings. The van der Waals surface area contributed by atoms with Crippen molar-refractivity contribution in [2.45, 2.75) is 46.4 Å². The Hall–Kier alpha value is -5.95. The van der Waals surface area contributed by atoms with E-state index in [0.717, 1.165) is 16.7 Å². The van der Waals surface area contributed by atoms with Crippen LogP contribution in [0, 0.1) is 0 Å². The van der Waals surface area contributed by atoms with E-state index in [0.29, 0.717) is 67.2 Å². The van der Waals surface area contributed by atoms with Gasteiger partial charge in [0.1, 0.15) is 50.4 Å². The molecule has 7 rings (SSSR count). The molecule has 1 unspecified atom stereocenters. The zero-order chi connectivity index (χ0) is 52.9. The summed E-state index contributed by atoms with van der Waals surface area (Å²) in [7, 11) is -9.35. The molecule has 0 aliphatic carbocycles. The van der Waals surface area contributed by atoms with Crippen LogP contribution in [0.1, 0.15) is 71.8 Å². The Morgan fingerprint density at radius 2 is 0.730 bits per heavy atom. The Morgan fingerprint density at radius 1 is 0.446 bits per heavy atom. The highest BCUT2D eigenvalue weighted by molar-refractivity contribution is 7.70. The fourth-order valence-electron chi connectivity index (χ4n) is 8.15. The monoisotopic (exact) mass is 1060 g/mol. The van der Waals surface area contributed by atoms with Crippen molar-refractivity contribution in [2.24, 2.45) is 0 Å². The van der Waals surface area contributed by atoms with Gasteiger partial charge in [0.25, 0.3) is 0 Å². The van der Waals surface area contributed by atoms with E-state index in [4.69, 9.17) is 33.7 Å². The Morgan fingerprint density at radius 3 is 1.01 bits per heavy atom. The van der Waals surface area contributed by atoms with Crippen LogP contribution in [0.2, 0.25) is 0 Å². The topological polar surface area (TPSA) is 188 Å². The first-order valence-electron chi connectivity index (χ1n) is 24.5. The molecule has 0 spiro atoms. The van der Waals surface area contributed by atoms with Gasteiger partial charge in [-0.2, -0.15) is 0 Å². The molecule has 16 nitrogen and oxygen atoms in total. The van der Waals surface area contributed by atoms with Gasteiger partial charge >= 0.3 is 17.9 Å². The lowest BCUT2D eigenvalue weighted by Crippen LogP contribution is -2.36. The minimum atomic E-state index is -3.46. The standard InChI is InChI=1S/C55H65N6O10P3/c1-7-71-74(6,67)52-34-46(55(64)70-40-43-21-15-10-16-22-43)31-49(58-52)37-61-27-25-59(35-47-29-44(32-50(56-47)72(2,3)65)53(62)68-38-41-17-11-8-12-18-41)23-24-60(26-28-61)36-48-30-45(33-51(57-48)73(4,5)66)54(63)69-39-42-19-13-9-14-20-42/h8-22,29-34H,7,23-28,35-40H2,1-6H3. The number of hydrogen-bond donors (Lipinski definition) is 0. The van der Waals surface area contributed by atoms with Crippen molar-refractivity contribution < 1.29 is 46.8 Å². The maximum Gasteiger partial charge on any atom is 0.338 e. The van der Waals surface area contributed by atoms with Crippen LogP contribution >= 0.6 is 21.7 Å². The predicted octanol–water partition coefficient (Wildman–Crippen LogP) is 7.83. The van der Waals surface area contributed by atoms with E-state index in [2.05, 4.69) is 14.7 Å². The van der Waals surface area contributed by atoms with Gasteiger partial charge in [0.15, 0.2) is 0 Å². The summed E-state index contributed by atoms with van der Waals surface area (Å²) in [6.07, 6.45) is 0. The molecule has 6 aromatic rings. The number of rotatable bonds is 20. The second-order valence-electron chi connectivity index (χ2n) is 19.1. The molecule has 3 aromatic heterocycles. The first-order chi connectivity index (χ1) is 35.3. The molecule has 390 valence electrons. The van der Waals surface area contributed by atoms with E-state index >= 15 is 0 Å². The highest BCUT2D eigenvalue weighted by Gasteiger charge is 2.27. The van der Waals surface area contributed by atoms with Gasteiger partial charge in [0.05, 0.1) is 40.4 Å². The van der Waals surface area contributed by atoms with E-state index in [1.807, 2.05) is 91.0 Å². The van der Waals surface area contributed by atoms with E-state index in [9.17, 15) is 28.1 Å². The van der Waals surface area contributed by atoms with Crippen LogP contribution in [0.4, 0.5) is 0 Å². The van der Waals surface area contributed by atoms with Gasteiger partial charge in [0, 0.05) is 65.6 Å². The summed E-state index contributed by atoms with van der Waals surface area (Å²) in [6, 6.07) is 37.7. The number of esters is 3. The molecule has 0 radical (unpaired) electrons. The summed E-state index contributed by atoms with van der Waals surface area (Å²) >= 11 is 0. The van der Waals surface area contributed by atoms with Gasteiger partial charge in [-0.05, 0) is 86.7 Å². The maximum atomic E-state index is 13.9. The first kappa shape index (κ1) is 55.8. The third-order valence-corrected chi connectivity index (χ3v) is 16.7. The largest absolute Gasteiger partial charge is 0.457 e. The summed E-state index contributed by atoms with van der Waals surface area (Å²) < 4.78 is 63.9. The molecule has 1 saturated heterocycles.